The number of H-pyrrole nitrogens is 1. The number of benzene rings is 2. The first-order chi connectivity index (χ1) is 18.0. The number of amides is 3. The van der Waals surface area contributed by atoms with Crippen molar-refractivity contribution >= 4 is 38.6 Å². The van der Waals surface area contributed by atoms with Gasteiger partial charge in [0.1, 0.15) is 6.04 Å². The molecule has 2 aromatic carbocycles. The van der Waals surface area contributed by atoms with E-state index in [1.807, 2.05) is 0 Å². The summed E-state index contributed by atoms with van der Waals surface area (Å²) in [5, 5.41) is 2.67. The van der Waals surface area contributed by atoms with Gasteiger partial charge in [0.15, 0.2) is 15.5 Å². The summed E-state index contributed by atoms with van der Waals surface area (Å²) in [6.07, 6.45) is 1.10. The van der Waals surface area contributed by atoms with Crippen LogP contribution in [0.3, 0.4) is 0 Å². The molecule has 2 heterocycles. The largest absolute Gasteiger partial charge is 0.338 e. The summed E-state index contributed by atoms with van der Waals surface area (Å²) in [6, 6.07) is 11.7. The van der Waals surface area contributed by atoms with E-state index in [4.69, 9.17) is 0 Å². The van der Waals surface area contributed by atoms with E-state index in [1.165, 1.54) is 24.3 Å². The average molecular weight is 540 g/mol. The molecular weight excluding hydrogens is 510 g/mol. The summed E-state index contributed by atoms with van der Waals surface area (Å²) in [5.74, 6) is -1.57. The molecule has 38 heavy (non-hydrogen) atoms. The Hall–Kier alpha value is -4.06. The lowest BCUT2D eigenvalue weighted by Gasteiger charge is -2.37. The van der Waals surface area contributed by atoms with E-state index in [0.717, 1.165) is 6.26 Å². The summed E-state index contributed by atoms with van der Waals surface area (Å²) in [6.45, 7) is 4.67. The fourth-order valence-corrected chi connectivity index (χ4v) is 4.89. The van der Waals surface area contributed by atoms with Crippen molar-refractivity contribution in [3.63, 3.8) is 0 Å². The van der Waals surface area contributed by atoms with E-state index < -0.39 is 27.3 Å². The van der Waals surface area contributed by atoms with Gasteiger partial charge in [-0.2, -0.15) is 0 Å². The van der Waals surface area contributed by atoms with Gasteiger partial charge in [0.25, 0.3) is 17.4 Å². The van der Waals surface area contributed by atoms with Crippen LogP contribution in [0.15, 0.2) is 58.2 Å². The second-order valence-corrected chi connectivity index (χ2v) is 11.6. The van der Waals surface area contributed by atoms with Crippen molar-refractivity contribution in [3.05, 3.63) is 70.1 Å². The number of aromatic amines is 1. The highest BCUT2D eigenvalue weighted by Crippen LogP contribution is 2.15. The number of sulfone groups is 1. The zero-order valence-electron chi connectivity index (χ0n) is 21.3. The van der Waals surface area contributed by atoms with Crippen molar-refractivity contribution in [2.75, 3.05) is 32.4 Å². The Labute approximate surface area is 219 Å². The highest BCUT2D eigenvalue weighted by atomic mass is 32.2. The normalized spacial score (nSPS) is 14.9. The highest BCUT2D eigenvalue weighted by Gasteiger charge is 2.33. The maximum absolute atomic E-state index is 13.3. The molecule has 1 fully saturated rings. The number of aromatic nitrogens is 2. The molecule has 3 aromatic rings. The lowest BCUT2D eigenvalue weighted by Crippen LogP contribution is -2.57. The van der Waals surface area contributed by atoms with E-state index in [2.05, 4.69) is 15.3 Å². The van der Waals surface area contributed by atoms with Crippen molar-refractivity contribution in [2.45, 2.75) is 24.8 Å². The van der Waals surface area contributed by atoms with Crippen LogP contribution in [0.5, 0.6) is 0 Å². The van der Waals surface area contributed by atoms with Gasteiger partial charge in [-0.1, -0.05) is 26.0 Å². The molecule has 11 nitrogen and oxygen atoms in total. The SMILES string of the molecule is CC(C)[C@H](NC(=O)c1nc2ccccc2[nH]c1=O)C(=O)N1CCN(C(=O)c2ccc(S(C)(=O)=O)cc2)CC1. The van der Waals surface area contributed by atoms with Crippen molar-refractivity contribution in [3.8, 4) is 0 Å². The van der Waals surface area contributed by atoms with E-state index in [-0.39, 0.29) is 54.5 Å². The Morgan fingerprint density at radius 2 is 1.55 bits per heavy atom. The van der Waals surface area contributed by atoms with Gasteiger partial charge in [0.05, 0.1) is 15.9 Å². The maximum Gasteiger partial charge on any atom is 0.280 e. The Balaban J connectivity index is 1.41. The number of nitrogens with one attached hydrogen (secondary N) is 2. The summed E-state index contributed by atoms with van der Waals surface area (Å²) in [5.41, 5.74) is 0.352. The zero-order valence-corrected chi connectivity index (χ0v) is 22.1. The van der Waals surface area contributed by atoms with Gasteiger partial charge in [0, 0.05) is 38.0 Å². The van der Waals surface area contributed by atoms with Gasteiger partial charge in [0.2, 0.25) is 5.91 Å². The monoisotopic (exact) mass is 539 g/mol. The number of rotatable bonds is 6. The Morgan fingerprint density at radius 1 is 0.947 bits per heavy atom. The number of para-hydroxylation sites is 2. The first-order valence-corrected chi connectivity index (χ1v) is 14.0. The fourth-order valence-electron chi connectivity index (χ4n) is 4.26. The second-order valence-electron chi connectivity index (χ2n) is 9.54. The molecule has 1 atom stereocenters. The maximum atomic E-state index is 13.3. The lowest BCUT2D eigenvalue weighted by atomic mass is 10.0. The molecule has 3 amide bonds. The highest BCUT2D eigenvalue weighted by molar-refractivity contribution is 7.90. The van der Waals surface area contributed by atoms with Crippen LogP contribution in [-0.2, 0) is 14.6 Å². The van der Waals surface area contributed by atoms with Gasteiger partial charge in [-0.05, 0) is 42.3 Å². The van der Waals surface area contributed by atoms with Crippen LogP contribution >= 0.6 is 0 Å². The molecule has 0 spiro atoms. The molecule has 12 heteroatoms. The van der Waals surface area contributed by atoms with E-state index >= 15 is 0 Å². The first kappa shape index (κ1) is 27.0. The summed E-state index contributed by atoms with van der Waals surface area (Å²) >= 11 is 0. The molecule has 0 radical (unpaired) electrons. The smallest absolute Gasteiger partial charge is 0.280 e. The predicted molar refractivity (Wildman–Crippen MR) is 140 cm³/mol. The molecule has 4 rings (SSSR count). The number of carbonyl (C=O) groups is 3. The van der Waals surface area contributed by atoms with E-state index in [0.29, 0.717) is 16.6 Å². The van der Waals surface area contributed by atoms with Gasteiger partial charge in [-0.15, -0.1) is 0 Å². The van der Waals surface area contributed by atoms with Crippen LogP contribution in [0.2, 0.25) is 0 Å². The molecule has 0 unspecified atom stereocenters. The summed E-state index contributed by atoms with van der Waals surface area (Å²) in [7, 11) is -3.36. The number of hydrogen-bond acceptors (Lipinski definition) is 7. The molecule has 0 bridgehead atoms. The topological polar surface area (TPSA) is 150 Å². The molecule has 200 valence electrons. The predicted octanol–water partition coefficient (Wildman–Crippen LogP) is 1.07. The quantitative estimate of drug-likeness (QED) is 0.476. The summed E-state index contributed by atoms with van der Waals surface area (Å²) in [4.78, 5) is 61.7. The Kier molecular flexibility index (Phi) is 7.63. The van der Waals surface area contributed by atoms with Crippen LogP contribution in [0, 0.1) is 5.92 Å². The van der Waals surface area contributed by atoms with Crippen LogP contribution in [0.25, 0.3) is 11.0 Å². The van der Waals surface area contributed by atoms with Gasteiger partial charge >= 0.3 is 0 Å². The molecule has 1 saturated heterocycles. The minimum Gasteiger partial charge on any atom is -0.338 e. The zero-order chi connectivity index (χ0) is 27.6. The molecule has 1 aliphatic heterocycles. The van der Waals surface area contributed by atoms with Crippen LogP contribution in [0.4, 0.5) is 0 Å². The molecule has 2 N–H and O–H groups in total. The third-order valence-corrected chi connectivity index (χ3v) is 7.57. The molecular formula is C26H29N5O6S. The number of fused-ring (bicyclic) bond motifs is 1. The fraction of sp³-hybridized carbons (Fsp3) is 0.346. The lowest BCUT2D eigenvalue weighted by molar-refractivity contribution is -0.135. The van der Waals surface area contributed by atoms with Crippen molar-refractivity contribution in [1.82, 2.24) is 25.1 Å². The summed E-state index contributed by atoms with van der Waals surface area (Å²) < 4.78 is 23.3. The van der Waals surface area contributed by atoms with Crippen LogP contribution in [-0.4, -0.2) is 84.4 Å². The third kappa shape index (κ3) is 5.75. The van der Waals surface area contributed by atoms with Crippen molar-refractivity contribution < 1.29 is 22.8 Å². The second kappa shape index (κ2) is 10.7. The standard InChI is InChI=1S/C26H29N5O6S/c1-16(2)21(29-24(33)22-23(32)28-20-7-5-4-6-19(20)27-22)26(35)31-14-12-30(13-15-31)25(34)17-8-10-18(11-9-17)38(3,36)37/h4-11,16,21H,12-15H2,1-3H3,(H,28,32)(H,29,33)/t21-/m0/s1. The number of nitrogens with zero attached hydrogens (tertiary/aromatic N) is 3. The van der Waals surface area contributed by atoms with E-state index in [1.54, 1.807) is 47.9 Å². The van der Waals surface area contributed by atoms with Crippen molar-refractivity contribution in [1.29, 1.82) is 0 Å². The number of hydrogen-bond donors (Lipinski definition) is 2. The Bertz CT molecular complexity index is 1540. The molecule has 1 aromatic heterocycles. The first-order valence-electron chi connectivity index (χ1n) is 12.1. The molecule has 1 aliphatic rings. The van der Waals surface area contributed by atoms with E-state index in [9.17, 15) is 27.6 Å². The minimum atomic E-state index is -3.36. The number of piperazine rings is 1. The van der Waals surface area contributed by atoms with Gasteiger partial charge in [-0.3, -0.25) is 19.2 Å². The molecule has 0 aliphatic carbocycles. The van der Waals surface area contributed by atoms with Crippen molar-refractivity contribution in [2.24, 2.45) is 5.92 Å². The molecule has 0 saturated carbocycles. The third-order valence-electron chi connectivity index (χ3n) is 6.44. The van der Waals surface area contributed by atoms with Gasteiger partial charge in [-0.25, -0.2) is 13.4 Å². The average Bonchev–Trinajstić information content (AvgIpc) is 2.90. The Morgan fingerprint density at radius 3 is 2.16 bits per heavy atom. The van der Waals surface area contributed by atoms with Gasteiger partial charge < -0.3 is 20.1 Å². The minimum absolute atomic E-state index is 0.132. The van der Waals surface area contributed by atoms with Crippen LogP contribution in [0.1, 0.15) is 34.7 Å². The van der Waals surface area contributed by atoms with Crippen LogP contribution < -0.4 is 10.9 Å². The number of carbonyl (C=O) groups excluding carboxylic acids is 3.